The number of hydrogen-bond acceptors (Lipinski definition) is 6. The Labute approximate surface area is 144 Å². The number of ether oxygens (including phenoxy) is 1. The van der Waals surface area contributed by atoms with Crippen molar-refractivity contribution in [1.29, 1.82) is 0 Å². The van der Waals surface area contributed by atoms with Crippen LogP contribution in [0.2, 0.25) is 0 Å². The molecule has 134 valence electrons. The molecule has 1 heterocycles. The molecule has 2 aromatic rings. The zero-order valence-electron chi connectivity index (χ0n) is 13.0. The molecule has 0 spiro atoms. The van der Waals surface area contributed by atoms with Gasteiger partial charge < -0.3 is 10.5 Å². The van der Waals surface area contributed by atoms with Gasteiger partial charge in [-0.15, -0.1) is 23.4 Å². The Morgan fingerprint density at radius 2 is 1.77 bits per heavy atom. The average Bonchev–Trinajstić information content (AvgIpc) is 2.93. The van der Waals surface area contributed by atoms with E-state index in [1.165, 1.54) is 30.3 Å². The van der Waals surface area contributed by atoms with Crippen molar-refractivity contribution in [2.24, 2.45) is 21.0 Å². The van der Waals surface area contributed by atoms with Crippen molar-refractivity contribution in [2.45, 2.75) is 6.36 Å². The largest absolute Gasteiger partial charge is 0.573 e. The number of hydrogen-bond donors (Lipinski definition) is 2. The average molecular weight is 365 g/mol. The van der Waals surface area contributed by atoms with Crippen LogP contribution in [-0.4, -0.2) is 23.6 Å². The lowest BCUT2D eigenvalue weighted by atomic mass is 10.1. The summed E-state index contributed by atoms with van der Waals surface area (Å²) in [5.74, 6) is -0.804. The van der Waals surface area contributed by atoms with Crippen molar-refractivity contribution >= 4 is 22.9 Å². The number of halogens is 4. The second-order valence-electron chi connectivity index (χ2n) is 5.09. The van der Waals surface area contributed by atoms with Crippen LogP contribution < -0.4 is 15.9 Å². The van der Waals surface area contributed by atoms with Crippen LogP contribution in [0.25, 0.3) is 0 Å². The van der Waals surface area contributed by atoms with Gasteiger partial charge in [0.25, 0.3) is 0 Å². The second-order valence-corrected chi connectivity index (χ2v) is 5.09. The number of nitrogens with two attached hydrogens (primary N) is 1. The number of rotatable bonds is 4. The fourth-order valence-electron chi connectivity index (χ4n) is 2.12. The minimum atomic E-state index is -4.78. The van der Waals surface area contributed by atoms with E-state index >= 15 is 0 Å². The zero-order valence-corrected chi connectivity index (χ0v) is 13.0. The molecular formula is C16H11F4N5O. The van der Waals surface area contributed by atoms with E-state index in [-0.39, 0.29) is 23.0 Å². The van der Waals surface area contributed by atoms with E-state index in [2.05, 4.69) is 25.5 Å². The van der Waals surface area contributed by atoms with Gasteiger partial charge >= 0.3 is 6.36 Å². The van der Waals surface area contributed by atoms with Crippen molar-refractivity contribution in [2.75, 3.05) is 5.43 Å². The lowest BCUT2D eigenvalue weighted by Crippen LogP contribution is -2.28. The molecule has 26 heavy (non-hydrogen) atoms. The first kappa shape index (κ1) is 17.4. The van der Waals surface area contributed by atoms with E-state index in [1.807, 2.05) is 0 Å². The highest BCUT2D eigenvalue weighted by atomic mass is 19.4. The fraction of sp³-hybridized carbons (Fsp3) is 0.0625. The smallest absolute Gasteiger partial charge is 0.406 e. The molecule has 6 nitrogen and oxygen atoms in total. The van der Waals surface area contributed by atoms with Crippen LogP contribution in [0.5, 0.6) is 5.75 Å². The molecule has 0 aromatic heterocycles. The number of amidine groups is 1. The molecule has 0 saturated carbocycles. The van der Waals surface area contributed by atoms with Crippen molar-refractivity contribution < 1.29 is 22.3 Å². The molecular weight excluding hydrogens is 354 g/mol. The summed E-state index contributed by atoms with van der Waals surface area (Å²) in [7, 11) is 0. The maximum Gasteiger partial charge on any atom is 0.573 e. The van der Waals surface area contributed by atoms with Gasteiger partial charge in [0.15, 0.2) is 11.5 Å². The minimum Gasteiger partial charge on any atom is -0.406 e. The highest BCUT2D eigenvalue weighted by molar-refractivity contribution is 6.72. The molecule has 0 saturated heterocycles. The molecule has 3 N–H and O–H groups in total. The van der Waals surface area contributed by atoms with Crippen LogP contribution in [0, 0.1) is 5.82 Å². The monoisotopic (exact) mass is 365 g/mol. The van der Waals surface area contributed by atoms with Gasteiger partial charge in [0.1, 0.15) is 17.3 Å². The highest BCUT2D eigenvalue weighted by Crippen LogP contribution is 2.23. The van der Waals surface area contributed by atoms with E-state index in [9.17, 15) is 17.6 Å². The van der Waals surface area contributed by atoms with Gasteiger partial charge in [0.05, 0.1) is 5.69 Å². The number of anilines is 1. The quantitative estimate of drug-likeness (QED) is 0.644. The van der Waals surface area contributed by atoms with Crippen molar-refractivity contribution in [3.8, 4) is 5.75 Å². The van der Waals surface area contributed by atoms with E-state index in [0.29, 0.717) is 11.3 Å². The van der Waals surface area contributed by atoms with Gasteiger partial charge in [-0.05, 0) is 42.5 Å². The number of nitrogens with one attached hydrogen (secondary N) is 1. The predicted octanol–water partition coefficient (Wildman–Crippen LogP) is 3.27. The molecule has 0 radical (unpaired) electrons. The third-order valence-electron chi connectivity index (χ3n) is 3.21. The number of alkyl halides is 3. The fourth-order valence-corrected chi connectivity index (χ4v) is 2.12. The summed E-state index contributed by atoms with van der Waals surface area (Å²) in [6.07, 6.45) is -4.78. The molecule has 0 atom stereocenters. The normalized spacial score (nSPS) is 15.6. The Hall–Kier alpha value is -3.43. The standard InChI is InChI=1S/C16H11F4N5O/c17-10-2-1-3-11(8-10)22-24-14-13(23-25-15(14)21)9-4-6-12(7-5-9)26-16(18,19)20/h1-8,22H,(H2,21,24,25). The second kappa shape index (κ2) is 6.82. The predicted molar refractivity (Wildman–Crippen MR) is 88.7 cm³/mol. The van der Waals surface area contributed by atoms with Crippen molar-refractivity contribution in [1.82, 2.24) is 0 Å². The summed E-state index contributed by atoms with van der Waals surface area (Å²) in [4.78, 5) is 0. The summed E-state index contributed by atoms with van der Waals surface area (Å²) >= 11 is 0. The SMILES string of the molecule is NC1=NN=C(c2ccc(OC(F)(F)F)cc2)/C1=N\Nc1cccc(F)c1. The highest BCUT2D eigenvalue weighted by Gasteiger charge is 2.31. The maximum absolute atomic E-state index is 13.2. The topological polar surface area (TPSA) is 84.4 Å². The van der Waals surface area contributed by atoms with Gasteiger partial charge in [0.2, 0.25) is 0 Å². The summed E-state index contributed by atoms with van der Waals surface area (Å²) in [6.45, 7) is 0. The Morgan fingerprint density at radius 3 is 2.42 bits per heavy atom. The molecule has 1 aliphatic rings. The van der Waals surface area contributed by atoms with Gasteiger partial charge in [0, 0.05) is 5.56 Å². The zero-order chi connectivity index (χ0) is 18.7. The van der Waals surface area contributed by atoms with E-state index in [1.54, 1.807) is 6.07 Å². The van der Waals surface area contributed by atoms with Crippen LogP contribution in [0.4, 0.5) is 23.2 Å². The lowest BCUT2D eigenvalue weighted by molar-refractivity contribution is -0.274. The summed E-state index contributed by atoms with van der Waals surface area (Å²) in [5.41, 5.74) is 9.61. The number of hydrazone groups is 1. The van der Waals surface area contributed by atoms with Crippen LogP contribution in [0.15, 0.2) is 63.8 Å². The van der Waals surface area contributed by atoms with Crippen molar-refractivity contribution in [3.05, 3.63) is 59.9 Å². The molecule has 10 heteroatoms. The lowest BCUT2D eigenvalue weighted by Gasteiger charge is -2.09. The van der Waals surface area contributed by atoms with Gasteiger partial charge in [-0.25, -0.2) is 4.39 Å². The Morgan fingerprint density at radius 1 is 1.04 bits per heavy atom. The molecule has 0 aliphatic carbocycles. The van der Waals surface area contributed by atoms with Crippen LogP contribution in [0.1, 0.15) is 5.56 Å². The van der Waals surface area contributed by atoms with Gasteiger partial charge in [-0.3, -0.25) is 5.43 Å². The Bertz CT molecular complexity index is 904. The first-order valence-corrected chi connectivity index (χ1v) is 7.19. The number of benzene rings is 2. The Balaban J connectivity index is 1.80. The van der Waals surface area contributed by atoms with Crippen LogP contribution >= 0.6 is 0 Å². The van der Waals surface area contributed by atoms with Gasteiger partial charge in [-0.1, -0.05) is 6.07 Å². The molecule has 3 rings (SSSR count). The van der Waals surface area contributed by atoms with E-state index < -0.39 is 12.2 Å². The summed E-state index contributed by atoms with van der Waals surface area (Å²) < 4.78 is 53.6. The molecule has 0 unspecified atom stereocenters. The van der Waals surface area contributed by atoms with E-state index in [0.717, 1.165) is 12.1 Å². The summed E-state index contributed by atoms with van der Waals surface area (Å²) in [6, 6.07) is 10.6. The van der Waals surface area contributed by atoms with Gasteiger partial charge in [-0.2, -0.15) is 5.10 Å². The van der Waals surface area contributed by atoms with Crippen LogP contribution in [0.3, 0.4) is 0 Å². The molecule has 1 aliphatic heterocycles. The first-order valence-electron chi connectivity index (χ1n) is 7.19. The Kier molecular flexibility index (Phi) is 4.57. The maximum atomic E-state index is 13.2. The number of nitrogens with zero attached hydrogens (tertiary/aromatic N) is 3. The molecule has 0 amide bonds. The van der Waals surface area contributed by atoms with Crippen molar-refractivity contribution in [3.63, 3.8) is 0 Å². The third-order valence-corrected chi connectivity index (χ3v) is 3.21. The minimum absolute atomic E-state index is 0.0134. The summed E-state index contributed by atoms with van der Waals surface area (Å²) in [5, 5.41) is 11.6. The molecule has 2 aromatic carbocycles. The molecule has 0 fully saturated rings. The first-order chi connectivity index (χ1) is 12.3. The van der Waals surface area contributed by atoms with Crippen LogP contribution in [-0.2, 0) is 0 Å². The third kappa shape index (κ3) is 4.15. The van der Waals surface area contributed by atoms with E-state index in [4.69, 9.17) is 5.73 Å². The molecule has 0 bridgehead atoms.